The van der Waals surface area contributed by atoms with Crippen molar-refractivity contribution in [1.29, 1.82) is 0 Å². The maximum atomic E-state index is 12.4. The van der Waals surface area contributed by atoms with E-state index in [1.807, 2.05) is 67.6 Å². The van der Waals surface area contributed by atoms with Crippen molar-refractivity contribution in [3.63, 3.8) is 0 Å². The van der Waals surface area contributed by atoms with Crippen molar-refractivity contribution in [2.45, 2.75) is 20.0 Å². The van der Waals surface area contributed by atoms with Gasteiger partial charge in [0, 0.05) is 0 Å². The molecule has 3 aromatic rings. The molecule has 0 aliphatic carbocycles. The summed E-state index contributed by atoms with van der Waals surface area (Å²) in [6.45, 7) is 4.09. The van der Waals surface area contributed by atoms with Crippen LogP contribution >= 0.6 is 15.9 Å². The van der Waals surface area contributed by atoms with Gasteiger partial charge in [0.1, 0.15) is 5.75 Å². The lowest BCUT2D eigenvalue weighted by atomic mass is 10.1. The third kappa shape index (κ3) is 6.11. The van der Waals surface area contributed by atoms with Crippen LogP contribution in [0, 0.1) is 0 Å². The molecule has 0 bridgehead atoms. The van der Waals surface area contributed by atoms with E-state index < -0.39 is 6.10 Å². The standard InChI is InChI=1S/C25H25BrN2O4/c1-4-31-24-22(26)14-18(15-23(24)30-3)16-27-28-25(29)17(2)32-21-12-10-20(11-13-21)19-8-6-5-7-9-19/h5-17H,4H2,1-3H3,(H,28,29)/b27-16+/t17-/m1/s1. The molecule has 0 spiro atoms. The van der Waals surface area contributed by atoms with Gasteiger partial charge in [-0.1, -0.05) is 42.5 Å². The Bertz CT molecular complexity index is 1070. The van der Waals surface area contributed by atoms with E-state index in [2.05, 4.69) is 26.5 Å². The van der Waals surface area contributed by atoms with Gasteiger partial charge in [0.25, 0.3) is 5.91 Å². The topological polar surface area (TPSA) is 69.2 Å². The molecule has 3 aromatic carbocycles. The molecule has 0 aliphatic heterocycles. The van der Waals surface area contributed by atoms with E-state index in [9.17, 15) is 4.79 Å². The van der Waals surface area contributed by atoms with Gasteiger partial charge < -0.3 is 14.2 Å². The lowest BCUT2D eigenvalue weighted by Crippen LogP contribution is -2.33. The van der Waals surface area contributed by atoms with Gasteiger partial charge in [-0.3, -0.25) is 4.79 Å². The van der Waals surface area contributed by atoms with Crippen LogP contribution in [0.15, 0.2) is 76.3 Å². The summed E-state index contributed by atoms with van der Waals surface area (Å²) in [5.74, 6) is 1.45. The monoisotopic (exact) mass is 496 g/mol. The number of carbonyl (C=O) groups is 1. The molecule has 3 rings (SSSR count). The summed E-state index contributed by atoms with van der Waals surface area (Å²) in [5, 5.41) is 4.03. The fraction of sp³-hybridized carbons (Fsp3) is 0.200. The van der Waals surface area contributed by atoms with E-state index in [4.69, 9.17) is 14.2 Å². The number of amides is 1. The van der Waals surface area contributed by atoms with Crippen molar-refractivity contribution >= 4 is 28.1 Å². The van der Waals surface area contributed by atoms with Crippen LogP contribution in [0.25, 0.3) is 11.1 Å². The predicted octanol–water partition coefficient (Wildman–Crippen LogP) is 5.44. The molecule has 0 saturated heterocycles. The van der Waals surface area contributed by atoms with Crippen LogP contribution in [0.2, 0.25) is 0 Å². The lowest BCUT2D eigenvalue weighted by Gasteiger charge is -2.13. The van der Waals surface area contributed by atoms with Gasteiger partial charge in [-0.2, -0.15) is 5.10 Å². The highest BCUT2D eigenvalue weighted by molar-refractivity contribution is 9.10. The van der Waals surface area contributed by atoms with Crippen molar-refractivity contribution in [3.05, 3.63) is 76.8 Å². The maximum absolute atomic E-state index is 12.4. The second-order valence-corrected chi connectivity index (χ2v) is 7.71. The quantitative estimate of drug-likeness (QED) is 0.316. The molecular formula is C25H25BrN2O4. The normalized spacial score (nSPS) is 11.8. The van der Waals surface area contributed by atoms with Crippen LogP contribution in [0.1, 0.15) is 19.4 Å². The van der Waals surface area contributed by atoms with Crippen molar-refractivity contribution in [2.24, 2.45) is 5.10 Å². The average Bonchev–Trinajstić information content (AvgIpc) is 2.81. The molecule has 0 aliphatic rings. The fourth-order valence-corrected chi connectivity index (χ4v) is 3.55. The average molecular weight is 497 g/mol. The van der Waals surface area contributed by atoms with Gasteiger partial charge in [-0.15, -0.1) is 0 Å². The molecular weight excluding hydrogens is 472 g/mol. The molecule has 7 heteroatoms. The van der Waals surface area contributed by atoms with Crippen molar-refractivity contribution < 1.29 is 19.0 Å². The molecule has 1 atom stereocenters. The van der Waals surface area contributed by atoms with Crippen molar-refractivity contribution in [2.75, 3.05) is 13.7 Å². The molecule has 166 valence electrons. The first-order chi connectivity index (χ1) is 15.5. The van der Waals surface area contributed by atoms with Crippen LogP contribution in [0.4, 0.5) is 0 Å². The van der Waals surface area contributed by atoms with Gasteiger partial charge in [0.2, 0.25) is 0 Å². The summed E-state index contributed by atoms with van der Waals surface area (Å²) in [7, 11) is 1.57. The number of hydrazone groups is 1. The summed E-state index contributed by atoms with van der Waals surface area (Å²) < 4.78 is 17.4. The van der Waals surface area contributed by atoms with Gasteiger partial charge in [0.05, 0.1) is 24.4 Å². The second-order valence-electron chi connectivity index (χ2n) is 6.85. The molecule has 0 unspecified atom stereocenters. The number of benzene rings is 3. The minimum atomic E-state index is -0.712. The Hall–Kier alpha value is -3.32. The Kier molecular flexibility index (Phi) is 8.27. The van der Waals surface area contributed by atoms with Crippen molar-refractivity contribution in [3.8, 4) is 28.4 Å². The SMILES string of the molecule is CCOc1c(Br)cc(/C=N/NC(=O)[C@@H](C)Oc2ccc(-c3ccccc3)cc2)cc1OC. The van der Waals surface area contributed by atoms with Gasteiger partial charge >= 0.3 is 0 Å². The first-order valence-corrected chi connectivity index (χ1v) is 11.0. The molecule has 0 heterocycles. The molecule has 0 saturated carbocycles. The number of hydrogen-bond acceptors (Lipinski definition) is 5. The highest BCUT2D eigenvalue weighted by atomic mass is 79.9. The van der Waals surface area contributed by atoms with E-state index in [0.29, 0.717) is 23.9 Å². The number of methoxy groups -OCH3 is 1. The van der Waals surface area contributed by atoms with Gasteiger partial charge in [-0.25, -0.2) is 5.43 Å². The smallest absolute Gasteiger partial charge is 0.280 e. The molecule has 0 aromatic heterocycles. The van der Waals surface area contributed by atoms with Crippen LogP contribution in [-0.2, 0) is 4.79 Å². The van der Waals surface area contributed by atoms with Crippen LogP contribution in [0.3, 0.4) is 0 Å². The highest BCUT2D eigenvalue weighted by Gasteiger charge is 2.14. The number of halogens is 1. The Morgan fingerprint density at radius 3 is 2.44 bits per heavy atom. The Morgan fingerprint density at radius 1 is 1.09 bits per heavy atom. The number of nitrogens with one attached hydrogen (secondary N) is 1. The Morgan fingerprint density at radius 2 is 1.78 bits per heavy atom. The lowest BCUT2D eigenvalue weighted by molar-refractivity contribution is -0.127. The molecule has 0 fully saturated rings. The summed E-state index contributed by atoms with van der Waals surface area (Å²) in [5.41, 5.74) is 5.44. The summed E-state index contributed by atoms with van der Waals surface area (Å²) >= 11 is 3.47. The van der Waals surface area contributed by atoms with E-state index >= 15 is 0 Å². The largest absolute Gasteiger partial charge is 0.493 e. The van der Waals surface area contributed by atoms with Crippen molar-refractivity contribution in [1.82, 2.24) is 5.43 Å². The number of nitrogens with zero attached hydrogens (tertiary/aromatic N) is 1. The maximum Gasteiger partial charge on any atom is 0.280 e. The van der Waals surface area contributed by atoms with E-state index in [1.54, 1.807) is 20.1 Å². The van der Waals surface area contributed by atoms with Crippen LogP contribution in [0.5, 0.6) is 17.2 Å². The molecule has 6 nitrogen and oxygen atoms in total. The molecule has 32 heavy (non-hydrogen) atoms. The minimum absolute atomic E-state index is 0.356. The first kappa shape index (κ1) is 23.3. The predicted molar refractivity (Wildman–Crippen MR) is 130 cm³/mol. The van der Waals surface area contributed by atoms with Gasteiger partial charge in [-0.05, 0) is 70.7 Å². The minimum Gasteiger partial charge on any atom is -0.493 e. The second kappa shape index (κ2) is 11.3. The van der Waals surface area contributed by atoms with E-state index in [-0.39, 0.29) is 5.91 Å². The Balaban J connectivity index is 1.58. The third-order valence-corrected chi connectivity index (χ3v) is 5.16. The number of ether oxygens (including phenoxy) is 3. The molecule has 1 N–H and O–H groups in total. The van der Waals surface area contributed by atoms with E-state index in [0.717, 1.165) is 21.2 Å². The zero-order valence-corrected chi connectivity index (χ0v) is 19.8. The number of hydrogen-bond donors (Lipinski definition) is 1. The number of rotatable bonds is 9. The summed E-state index contributed by atoms with van der Waals surface area (Å²) in [6, 6.07) is 21.3. The molecule has 0 radical (unpaired) electrons. The first-order valence-electron chi connectivity index (χ1n) is 10.2. The van der Waals surface area contributed by atoms with E-state index in [1.165, 1.54) is 6.21 Å². The fourth-order valence-electron chi connectivity index (χ4n) is 2.97. The highest BCUT2D eigenvalue weighted by Crippen LogP contribution is 2.36. The molecule has 1 amide bonds. The number of carbonyl (C=O) groups excluding carboxylic acids is 1. The van der Waals surface area contributed by atoms with Gasteiger partial charge in [0.15, 0.2) is 17.6 Å². The third-order valence-electron chi connectivity index (χ3n) is 4.57. The zero-order chi connectivity index (χ0) is 22.9. The summed E-state index contributed by atoms with van der Waals surface area (Å²) in [6.07, 6.45) is 0.818. The Labute approximate surface area is 196 Å². The summed E-state index contributed by atoms with van der Waals surface area (Å²) in [4.78, 5) is 12.4. The van der Waals surface area contributed by atoms with Crippen LogP contribution in [-0.4, -0.2) is 31.9 Å². The van der Waals surface area contributed by atoms with Crippen LogP contribution < -0.4 is 19.6 Å². The zero-order valence-electron chi connectivity index (χ0n) is 18.2.